The Balaban J connectivity index is 2.29. The largest absolute Gasteiger partial charge is 0.310 e. The van der Waals surface area contributed by atoms with Crippen molar-refractivity contribution in [3.05, 3.63) is 41.6 Å². The number of rotatable bonds is 4. The van der Waals surface area contributed by atoms with Gasteiger partial charge in [-0.3, -0.25) is 4.57 Å². The average Bonchev–Trinajstić information content (AvgIpc) is 2.72. The van der Waals surface area contributed by atoms with Crippen molar-refractivity contribution in [2.75, 3.05) is 0 Å². The fourth-order valence-electron chi connectivity index (χ4n) is 1.89. The van der Waals surface area contributed by atoms with E-state index in [0.29, 0.717) is 6.04 Å². The van der Waals surface area contributed by atoms with Crippen molar-refractivity contribution in [3.8, 4) is 5.82 Å². The number of imidazole rings is 1. The van der Waals surface area contributed by atoms with Gasteiger partial charge in [-0.2, -0.15) is 0 Å². The lowest BCUT2D eigenvalue weighted by Crippen LogP contribution is -2.22. The number of nitrogens with one attached hydrogen (secondary N) is 1. The van der Waals surface area contributed by atoms with E-state index in [9.17, 15) is 0 Å². The summed E-state index contributed by atoms with van der Waals surface area (Å²) in [4.78, 5) is 8.79. The van der Waals surface area contributed by atoms with Crippen LogP contribution in [0.5, 0.6) is 0 Å². The zero-order chi connectivity index (χ0) is 13.1. The van der Waals surface area contributed by atoms with Gasteiger partial charge in [-0.1, -0.05) is 13.8 Å². The van der Waals surface area contributed by atoms with E-state index in [4.69, 9.17) is 0 Å². The molecule has 0 atom stereocenters. The predicted octanol–water partition coefficient (Wildman–Crippen LogP) is 2.38. The molecule has 18 heavy (non-hydrogen) atoms. The molecule has 96 valence electrons. The van der Waals surface area contributed by atoms with E-state index in [-0.39, 0.29) is 0 Å². The van der Waals surface area contributed by atoms with Crippen LogP contribution < -0.4 is 5.32 Å². The molecule has 0 aromatic carbocycles. The predicted molar refractivity (Wildman–Crippen MR) is 72.8 cm³/mol. The van der Waals surface area contributed by atoms with E-state index in [0.717, 1.165) is 23.9 Å². The second-order valence-electron chi connectivity index (χ2n) is 4.86. The highest BCUT2D eigenvalue weighted by molar-refractivity contribution is 5.32. The van der Waals surface area contributed by atoms with E-state index < -0.39 is 0 Å². The Kier molecular flexibility index (Phi) is 3.77. The molecular weight excluding hydrogens is 224 g/mol. The van der Waals surface area contributed by atoms with Crippen LogP contribution in [0.4, 0.5) is 0 Å². The number of hydrogen-bond acceptors (Lipinski definition) is 3. The van der Waals surface area contributed by atoms with Crippen LogP contribution in [-0.4, -0.2) is 20.6 Å². The van der Waals surface area contributed by atoms with Gasteiger partial charge in [0.25, 0.3) is 0 Å². The van der Waals surface area contributed by atoms with Gasteiger partial charge in [-0.15, -0.1) is 0 Å². The first-order chi connectivity index (χ1) is 8.56. The van der Waals surface area contributed by atoms with Crippen LogP contribution in [0.1, 0.15) is 30.9 Å². The molecule has 2 aromatic rings. The molecule has 4 heteroatoms. The molecule has 0 aliphatic heterocycles. The first-order valence-electron chi connectivity index (χ1n) is 6.27. The molecule has 0 unspecified atom stereocenters. The van der Waals surface area contributed by atoms with Crippen molar-refractivity contribution in [2.24, 2.45) is 0 Å². The molecule has 0 aliphatic carbocycles. The lowest BCUT2D eigenvalue weighted by atomic mass is 10.2. The monoisotopic (exact) mass is 244 g/mol. The fourth-order valence-corrected chi connectivity index (χ4v) is 1.89. The molecule has 0 amide bonds. The first kappa shape index (κ1) is 12.8. The molecule has 0 aliphatic rings. The zero-order valence-corrected chi connectivity index (χ0v) is 11.4. The summed E-state index contributed by atoms with van der Waals surface area (Å²) in [6, 6.07) is 4.71. The number of nitrogens with zero attached hydrogens (tertiary/aromatic N) is 3. The van der Waals surface area contributed by atoms with Crippen molar-refractivity contribution in [1.29, 1.82) is 0 Å². The Morgan fingerprint density at radius 2 is 2.06 bits per heavy atom. The Morgan fingerprint density at radius 1 is 1.28 bits per heavy atom. The second kappa shape index (κ2) is 5.31. The SMILES string of the molecule is Cc1cc(CNC(C)C)cc(-n2ccnc2C)n1. The summed E-state index contributed by atoms with van der Waals surface area (Å²) in [6.45, 7) is 9.16. The van der Waals surface area contributed by atoms with Gasteiger partial charge < -0.3 is 5.32 Å². The third-order valence-electron chi connectivity index (χ3n) is 2.79. The van der Waals surface area contributed by atoms with E-state index >= 15 is 0 Å². The van der Waals surface area contributed by atoms with Gasteiger partial charge in [0.15, 0.2) is 0 Å². The quantitative estimate of drug-likeness (QED) is 0.898. The minimum absolute atomic E-state index is 0.483. The van der Waals surface area contributed by atoms with E-state index in [2.05, 4.69) is 41.3 Å². The molecule has 2 heterocycles. The minimum atomic E-state index is 0.483. The molecule has 4 nitrogen and oxygen atoms in total. The van der Waals surface area contributed by atoms with Crippen molar-refractivity contribution in [1.82, 2.24) is 19.9 Å². The van der Waals surface area contributed by atoms with Crippen LogP contribution in [-0.2, 0) is 6.54 Å². The van der Waals surface area contributed by atoms with Crippen LogP contribution in [0.3, 0.4) is 0 Å². The Hall–Kier alpha value is -1.68. The number of pyridine rings is 1. The molecular formula is C14H20N4. The van der Waals surface area contributed by atoms with Crippen LogP contribution in [0.2, 0.25) is 0 Å². The molecule has 0 radical (unpaired) electrons. The van der Waals surface area contributed by atoms with Gasteiger partial charge in [0.2, 0.25) is 0 Å². The lowest BCUT2D eigenvalue weighted by Gasteiger charge is -2.11. The molecule has 0 bridgehead atoms. The van der Waals surface area contributed by atoms with Crippen molar-refractivity contribution < 1.29 is 0 Å². The van der Waals surface area contributed by atoms with Crippen LogP contribution >= 0.6 is 0 Å². The Bertz CT molecular complexity index is 528. The highest BCUT2D eigenvalue weighted by atomic mass is 15.1. The van der Waals surface area contributed by atoms with Gasteiger partial charge >= 0.3 is 0 Å². The maximum Gasteiger partial charge on any atom is 0.138 e. The van der Waals surface area contributed by atoms with Gasteiger partial charge in [0.05, 0.1) is 0 Å². The summed E-state index contributed by atoms with van der Waals surface area (Å²) in [6.07, 6.45) is 3.74. The fraction of sp³-hybridized carbons (Fsp3) is 0.429. The van der Waals surface area contributed by atoms with Crippen molar-refractivity contribution >= 4 is 0 Å². The van der Waals surface area contributed by atoms with Crippen LogP contribution in [0.25, 0.3) is 5.82 Å². The maximum absolute atomic E-state index is 4.56. The normalized spacial score (nSPS) is 11.2. The second-order valence-corrected chi connectivity index (χ2v) is 4.86. The molecule has 0 spiro atoms. The average molecular weight is 244 g/mol. The third-order valence-corrected chi connectivity index (χ3v) is 2.79. The Labute approximate surface area is 108 Å². The molecule has 0 saturated carbocycles. The minimum Gasteiger partial charge on any atom is -0.310 e. The summed E-state index contributed by atoms with van der Waals surface area (Å²) >= 11 is 0. The number of aromatic nitrogens is 3. The highest BCUT2D eigenvalue weighted by Crippen LogP contribution is 2.12. The van der Waals surface area contributed by atoms with E-state index in [1.54, 1.807) is 6.20 Å². The van der Waals surface area contributed by atoms with Crippen molar-refractivity contribution in [2.45, 2.75) is 40.3 Å². The van der Waals surface area contributed by atoms with Gasteiger partial charge in [-0.25, -0.2) is 9.97 Å². The maximum atomic E-state index is 4.56. The molecule has 0 saturated heterocycles. The van der Waals surface area contributed by atoms with Gasteiger partial charge in [-0.05, 0) is 31.5 Å². The molecule has 2 aromatic heterocycles. The summed E-state index contributed by atoms with van der Waals surface area (Å²) in [5.41, 5.74) is 2.28. The topological polar surface area (TPSA) is 42.7 Å². The summed E-state index contributed by atoms with van der Waals surface area (Å²) in [5.74, 6) is 1.89. The molecule has 2 rings (SSSR count). The summed E-state index contributed by atoms with van der Waals surface area (Å²) in [5, 5.41) is 3.42. The molecule has 1 N–H and O–H groups in total. The van der Waals surface area contributed by atoms with Crippen LogP contribution in [0, 0.1) is 13.8 Å². The lowest BCUT2D eigenvalue weighted by molar-refractivity contribution is 0.588. The standard InChI is InChI=1S/C14H20N4/c1-10(2)16-9-13-7-11(3)17-14(8-13)18-6-5-15-12(18)4/h5-8,10,16H,9H2,1-4H3. The highest BCUT2D eigenvalue weighted by Gasteiger charge is 2.05. The zero-order valence-electron chi connectivity index (χ0n) is 11.4. The first-order valence-corrected chi connectivity index (χ1v) is 6.27. The van der Waals surface area contributed by atoms with Crippen LogP contribution in [0.15, 0.2) is 24.5 Å². The van der Waals surface area contributed by atoms with Crippen molar-refractivity contribution in [3.63, 3.8) is 0 Å². The van der Waals surface area contributed by atoms with Gasteiger partial charge in [0.1, 0.15) is 11.6 Å². The number of aryl methyl sites for hydroxylation is 2. The smallest absolute Gasteiger partial charge is 0.138 e. The molecule has 0 fully saturated rings. The van der Waals surface area contributed by atoms with Gasteiger partial charge in [0, 0.05) is 30.7 Å². The Morgan fingerprint density at radius 3 is 2.67 bits per heavy atom. The summed E-state index contributed by atoms with van der Waals surface area (Å²) < 4.78 is 2.01. The number of hydrogen-bond donors (Lipinski definition) is 1. The third kappa shape index (κ3) is 2.96. The summed E-state index contributed by atoms with van der Waals surface area (Å²) in [7, 11) is 0. The van der Waals surface area contributed by atoms with E-state index in [1.165, 1.54) is 5.56 Å². The van der Waals surface area contributed by atoms with E-state index in [1.807, 2.05) is 24.6 Å².